The summed E-state index contributed by atoms with van der Waals surface area (Å²) in [5.74, 6) is -0.370. The van der Waals surface area contributed by atoms with Crippen LogP contribution in [0.5, 0.6) is 0 Å². The van der Waals surface area contributed by atoms with Crippen LogP contribution in [0.15, 0.2) is 12.2 Å². The highest BCUT2D eigenvalue weighted by molar-refractivity contribution is 5.81. The first-order valence-electron chi connectivity index (χ1n) is 5.02. The summed E-state index contributed by atoms with van der Waals surface area (Å²) in [7, 11) is 0. The molecule has 0 aromatic rings. The highest BCUT2D eigenvalue weighted by Gasteiger charge is 2.00. The van der Waals surface area contributed by atoms with Gasteiger partial charge in [-0.3, -0.25) is 4.90 Å². The van der Waals surface area contributed by atoms with Gasteiger partial charge in [0.15, 0.2) is 0 Å². The second-order valence-corrected chi connectivity index (χ2v) is 2.90. The van der Waals surface area contributed by atoms with Gasteiger partial charge in [-0.2, -0.15) is 0 Å². The van der Waals surface area contributed by atoms with Crippen LogP contribution in [-0.2, 0) is 9.53 Å². The summed E-state index contributed by atoms with van der Waals surface area (Å²) in [6.45, 7) is 3.65. The van der Waals surface area contributed by atoms with Gasteiger partial charge < -0.3 is 14.9 Å². The van der Waals surface area contributed by atoms with Crippen LogP contribution in [0.25, 0.3) is 0 Å². The average molecular weight is 217 g/mol. The summed E-state index contributed by atoms with van der Waals surface area (Å²) in [5, 5.41) is 17.4. The molecule has 0 aromatic heterocycles. The minimum Gasteiger partial charge on any atom is -0.463 e. The highest BCUT2D eigenvalue weighted by atomic mass is 16.5. The summed E-state index contributed by atoms with van der Waals surface area (Å²) < 4.78 is 4.70. The Morgan fingerprint density at radius 3 is 2.40 bits per heavy atom. The van der Waals surface area contributed by atoms with Gasteiger partial charge >= 0.3 is 5.97 Å². The van der Waals surface area contributed by atoms with Gasteiger partial charge in [-0.05, 0) is 6.92 Å². The Kier molecular flexibility index (Phi) is 9.05. The number of rotatable bonds is 8. The second-order valence-electron chi connectivity index (χ2n) is 2.90. The molecule has 5 nitrogen and oxygen atoms in total. The van der Waals surface area contributed by atoms with Crippen molar-refractivity contribution in [2.45, 2.75) is 6.92 Å². The van der Waals surface area contributed by atoms with E-state index in [-0.39, 0.29) is 19.2 Å². The molecule has 15 heavy (non-hydrogen) atoms. The quantitative estimate of drug-likeness (QED) is 0.419. The maximum absolute atomic E-state index is 10.9. The van der Waals surface area contributed by atoms with Gasteiger partial charge in [0, 0.05) is 25.7 Å². The lowest BCUT2D eigenvalue weighted by Crippen LogP contribution is -2.30. The molecule has 0 aromatic carbocycles. The van der Waals surface area contributed by atoms with Crippen LogP contribution in [0, 0.1) is 0 Å². The van der Waals surface area contributed by atoms with Crippen molar-refractivity contribution in [3.63, 3.8) is 0 Å². The number of aliphatic hydroxyl groups excluding tert-OH is 2. The van der Waals surface area contributed by atoms with Crippen molar-refractivity contribution in [2.75, 3.05) is 39.5 Å². The van der Waals surface area contributed by atoms with Crippen molar-refractivity contribution in [3.05, 3.63) is 12.2 Å². The summed E-state index contributed by atoms with van der Waals surface area (Å²) in [6.07, 6.45) is 3.01. The zero-order valence-corrected chi connectivity index (χ0v) is 9.06. The molecule has 0 saturated heterocycles. The van der Waals surface area contributed by atoms with E-state index >= 15 is 0 Å². The molecular formula is C10H19NO4. The molecule has 0 aliphatic carbocycles. The molecule has 0 unspecified atom stereocenters. The first-order chi connectivity index (χ1) is 7.24. The summed E-state index contributed by atoms with van der Waals surface area (Å²) in [6, 6.07) is 0. The monoisotopic (exact) mass is 217 g/mol. The van der Waals surface area contributed by atoms with E-state index in [0.29, 0.717) is 26.2 Å². The number of ether oxygens (including phenoxy) is 1. The predicted molar refractivity (Wildman–Crippen MR) is 56.4 cm³/mol. The minimum absolute atomic E-state index is 0.0350. The zero-order valence-electron chi connectivity index (χ0n) is 9.06. The zero-order chi connectivity index (χ0) is 11.5. The fourth-order valence-electron chi connectivity index (χ4n) is 1.07. The van der Waals surface area contributed by atoms with Gasteiger partial charge in [0.2, 0.25) is 0 Å². The molecule has 0 aliphatic heterocycles. The molecule has 0 fully saturated rings. The Hall–Kier alpha value is -0.910. The van der Waals surface area contributed by atoms with E-state index in [1.807, 2.05) is 4.90 Å². The van der Waals surface area contributed by atoms with Crippen LogP contribution in [-0.4, -0.2) is 60.5 Å². The molecule has 88 valence electrons. The molecule has 0 spiro atoms. The average Bonchev–Trinajstić information content (AvgIpc) is 2.19. The molecular weight excluding hydrogens is 198 g/mol. The third-order valence-electron chi connectivity index (χ3n) is 1.74. The number of aliphatic hydroxyl groups is 2. The maximum atomic E-state index is 10.9. The van der Waals surface area contributed by atoms with Gasteiger partial charge in [0.05, 0.1) is 19.8 Å². The Bertz CT molecular complexity index is 188. The van der Waals surface area contributed by atoms with Crippen LogP contribution < -0.4 is 0 Å². The number of esters is 1. The van der Waals surface area contributed by atoms with E-state index in [1.54, 1.807) is 13.0 Å². The van der Waals surface area contributed by atoms with Crippen molar-refractivity contribution in [2.24, 2.45) is 0 Å². The number of hydrogen-bond donors (Lipinski definition) is 2. The molecule has 0 saturated carbocycles. The third kappa shape index (κ3) is 8.11. The van der Waals surface area contributed by atoms with Crippen LogP contribution in [0.3, 0.4) is 0 Å². The number of hydrogen-bond acceptors (Lipinski definition) is 5. The molecule has 0 radical (unpaired) electrons. The second kappa shape index (κ2) is 9.64. The molecule has 0 atom stereocenters. The smallest absolute Gasteiger partial charge is 0.330 e. The molecule has 0 rings (SSSR count). The van der Waals surface area contributed by atoms with E-state index in [4.69, 9.17) is 14.9 Å². The molecule has 0 heterocycles. The highest BCUT2D eigenvalue weighted by Crippen LogP contribution is 1.89. The number of carbonyl (C=O) groups excluding carboxylic acids is 1. The van der Waals surface area contributed by atoms with Gasteiger partial charge in [-0.1, -0.05) is 6.08 Å². The fourth-order valence-corrected chi connectivity index (χ4v) is 1.07. The molecule has 0 bridgehead atoms. The van der Waals surface area contributed by atoms with E-state index in [2.05, 4.69) is 0 Å². The first-order valence-corrected chi connectivity index (χ1v) is 5.02. The minimum atomic E-state index is -0.370. The van der Waals surface area contributed by atoms with E-state index in [0.717, 1.165) is 0 Å². The van der Waals surface area contributed by atoms with Crippen molar-refractivity contribution >= 4 is 5.97 Å². The Labute approximate surface area is 90.0 Å². The molecule has 0 aliphatic rings. The van der Waals surface area contributed by atoms with Crippen molar-refractivity contribution in [1.29, 1.82) is 0 Å². The fraction of sp³-hybridized carbons (Fsp3) is 0.700. The van der Waals surface area contributed by atoms with Crippen molar-refractivity contribution in [3.8, 4) is 0 Å². The Balaban J connectivity index is 3.81. The normalized spacial score (nSPS) is 11.2. The van der Waals surface area contributed by atoms with Gasteiger partial charge in [0.1, 0.15) is 0 Å². The first kappa shape index (κ1) is 14.1. The third-order valence-corrected chi connectivity index (χ3v) is 1.74. The van der Waals surface area contributed by atoms with Gasteiger partial charge in [-0.15, -0.1) is 0 Å². The van der Waals surface area contributed by atoms with E-state index < -0.39 is 0 Å². The summed E-state index contributed by atoms with van der Waals surface area (Å²) in [5.41, 5.74) is 0. The predicted octanol–water partition coefficient (Wildman–Crippen LogP) is -0.608. The lowest BCUT2D eigenvalue weighted by atomic mass is 10.4. The van der Waals surface area contributed by atoms with Crippen molar-refractivity contribution < 1.29 is 19.7 Å². The van der Waals surface area contributed by atoms with E-state index in [1.165, 1.54) is 6.08 Å². The Morgan fingerprint density at radius 1 is 1.33 bits per heavy atom. The summed E-state index contributed by atoms with van der Waals surface area (Å²) in [4.78, 5) is 12.7. The summed E-state index contributed by atoms with van der Waals surface area (Å²) >= 11 is 0. The van der Waals surface area contributed by atoms with Gasteiger partial charge in [-0.25, -0.2) is 4.79 Å². The Morgan fingerprint density at radius 2 is 1.93 bits per heavy atom. The lowest BCUT2D eigenvalue weighted by molar-refractivity contribution is -0.137. The van der Waals surface area contributed by atoms with Crippen LogP contribution in [0.4, 0.5) is 0 Å². The lowest BCUT2D eigenvalue weighted by Gasteiger charge is -2.17. The SMILES string of the molecule is CCOC(=O)/C=C/CN(CCO)CCO. The largest absolute Gasteiger partial charge is 0.463 e. The topological polar surface area (TPSA) is 70.0 Å². The van der Waals surface area contributed by atoms with Crippen LogP contribution in [0.2, 0.25) is 0 Å². The molecule has 5 heteroatoms. The van der Waals surface area contributed by atoms with Crippen molar-refractivity contribution in [1.82, 2.24) is 4.90 Å². The number of nitrogens with zero attached hydrogens (tertiary/aromatic N) is 1. The molecule has 2 N–H and O–H groups in total. The maximum Gasteiger partial charge on any atom is 0.330 e. The van der Waals surface area contributed by atoms with E-state index in [9.17, 15) is 4.79 Å². The number of carbonyl (C=O) groups is 1. The molecule has 0 amide bonds. The van der Waals surface area contributed by atoms with Gasteiger partial charge in [0.25, 0.3) is 0 Å². The standard InChI is InChI=1S/C10H19NO4/c1-2-15-10(14)4-3-5-11(6-8-12)7-9-13/h3-4,12-13H,2,5-9H2,1H3/b4-3+. The van der Waals surface area contributed by atoms with Crippen LogP contribution in [0.1, 0.15) is 6.92 Å². The van der Waals surface area contributed by atoms with Crippen LogP contribution >= 0.6 is 0 Å².